The van der Waals surface area contributed by atoms with E-state index in [1.54, 1.807) is 0 Å². The zero-order valence-electron chi connectivity index (χ0n) is 11.0. The minimum atomic E-state index is -3.96. The van der Waals surface area contributed by atoms with Gasteiger partial charge in [0.1, 0.15) is 5.82 Å². The number of aliphatic hydroxyl groups excluding tert-OH is 1. The van der Waals surface area contributed by atoms with Gasteiger partial charge in [0, 0.05) is 30.2 Å². The van der Waals surface area contributed by atoms with E-state index in [1.807, 2.05) is 0 Å². The van der Waals surface area contributed by atoms with Crippen LogP contribution in [0.25, 0.3) is 0 Å². The minimum absolute atomic E-state index is 0.0145. The summed E-state index contributed by atoms with van der Waals surface area (Å²) >= 11 is 2.93. The van der Waals surface area contributed by atoms with Crippen molar-refractivity contribution in [3.63, 3.8) is 0 Å². The zero-order valence-corrected chi connectivity index (χ0v) is 13.4. The summed E-state index contributed by atoms with van der Waals surface area (Å²) in [5, 5.41) is 9.13. The van der Waals surface area contributed by atoms with E-state index in [2.05, 4.69) is 20.7 Å². The van der Waals surface area contributed by atoms with Gasteiger partial charge < -0.3 is 5.11 Å². The number of anilines is 1. The van der Waals surface area contributed by atoms with E-state index < -0.39 is 21.8 Å². The molecular formula is C12H15BrF2N2O3S. The number of hydrogen-bond acceptors (Lipinski definition) is 3. The molecule has 0 saturated carbocycles. The smallest absolute Gasteiger partial charge is 0.301 e. The van der Waals surface area contributed by atoms with Gasteiger partial charge in [-0.1, -0.05) is 0 Å². The number of nitrogens with zero attached hydrogens (tertiary/aromatic N) is 1. The standard InChI is InChI=1S/C12H15BrF2N2O3S/c13-10-4-9(14)5-11(15)12(10)16-21(19,20)17-3-1-2-8(6-17)7-18/h4-5,8,16,18H,1-3,6-7H2. The van der Waals surface area contributed by atoms with Crippen LogP contribution in [-0.4, -0.2) is 37.5 Å². The van der Waals surface area contributed by atoms with Gasteiger partial charge in [0.25, 0.3) is 0 Å². The van der Waals surface area contributed by atoms with Gasteiger partial charge >= 0.3 is 10.2 Å². The van der Waals surface area contributed by atoms with E-state index >= 15 is 0 Å². The van der Waals surface area contributed by atoms with Gasteiger partial charge in [-0.3, -0.25) is 4.72 Å². The molecule has 1 aromatic carbocycles. The van der Waals surface area contributed by atoms with Gasteiger partial charge in [-0.15, -0.1) is 0 Å². The van der Waals surface area contributed by atoms with Gasteiger partial charge in [0.15, 0.2) is 5.82 Å². The average Bonchev–Trinajstić information content (AvgIpc) is 2.43. The van der Waals surface area contributed by atoms with E-state index in [-0.39, 0.29) is 29.2 Å². The van der Waals surface area contributed by atoms with Gasteiger partial charge in [-0.25, -0.2) is 8.78 Å². The van der Waals surface area contributed by atoms with Crippen molar-refractivity contribution in [2.45, 2.75) is 12.8 Å². The molecule has 118 valence electrons. The molecule has 2 rings (SSSR count). The molecule has 21 heavy (non-hydrogen) atoms. The molecule has 0 spiro atoms. The Balaban J connectivity index is 2.22. The third kappa shape index (κ3) is 3.91. The second-order valence-corrected chi connectivity index (χ2v) is 7.43. The topological polar surface area (TPSA) is 69.6 Å². The third-order valence-electron chi connectivity index (χ3n) is 3.32. The summed E-state index contributed by atoms with van der Waals surface area (Å²) in [6, 6.07) is 1.59. The largest absolute Gasteiger partial charge is 0.396 e. The Labute approximate surface area is 130 Å². The zero-order chi connectivity index (χ0) is 15.6. The Morgan fingerprint density at radius 3 is 2.76 bits per heavy atom. The quantitative estimate of drug-likeness (QED) is 0.834. The average molecular weight is 385 g/mol. The van der Waals surface area contributed by atoms with Crippen LogP contribution in [0.3, 0.4) is 0 Å². The summed E-state index contributed by atoms with van der Waals surface area (Å²) in [6.07, 6.45) is 1.37. The van der Waals surface area contributed by atoms with Crippen LogP contribution in [0.5, 0.6) is 0 Å². The van der Waals surface area contributed by atoms with Crippen molar-refractivity contribution in [1.29, 1.82) is 0 Å². The highest BCUT2D eigenvalue weighted by atomic mass is 79.9. The maximum Gasteiger partial charge on any atom is 0.301 e. The van der Waals surface area contributed by atoms with Gasteiger partial charge in [-0.2, -0.15) is 12.7 Å². The number of nitrogens with one attached hydrogen (secondary N) is 1. The molecule has 0 radical (unpaired) electrons. The third-order valence-corrected chi connectivity index (χ3v) is 5.42. The molecule has 9 heteroatoms. The van der Waals surface area contributed by atoms with Crippen LogP contribution in [0.4, 0.5) is 14.5 Å². The Bertz CT molecular complexity index is 604. The molecule has 1 heterocycles. The summed E-state index contributed by atoms with van der Waals surface area (Å²) in [4.78, 5) is 0. The summed E-state index contributed by atoms with van der Waals surface area (Å²) in [7, 11) is -3.96. The fourth-order valence-electron chi connectivity index (χ4n) is 2.23. The Morgan fingerprint density at radius 2 is 2.14 bits per heavy atom. The first-order chi connectivity index (χ1) is 9.83. The molecular weight excluding hydrogens is 370 g/mol. The maximum absolute atomic E-state index is 13.7. The number of benzene rings is 1. The summed E-state index contributed by atoms with van der Waals surface area (Å²) in [5.41, 5.74) is -0.331. The second-order valence-electron chi connectivity index (χ2n) is 4.90. The van der Waals surface area contributed by atoms with Gasteiger partial charge in [-0.05, 0) is 40.8 Å². The van der Waals surface area contributed by atoms with Crippen molar-refractivity contribution >= 4 is 31.8 Å². The van der Waals surface area contributed by atoms with Crippen molar-refractivity contribution in [3.8, 4) is 0 Å². The molecule has 1 fully saturated rings. The fourth-order valence-corrected chi connectivity index (χ4v) is 4.24. The highest BCUT2D eigenvalue weighted by Crippen LogP contribution is 2.29. The molecule has 1 aliphatic heterocycles. The number of piperidine rings is 1. The molecule has 0 aliphatic carbocycles. The Kier molecular flexibility index (Phi) is 5.18. The molecule has 1 saturated heterocycles. The molecule has 0 amide bonds. The number of aliphatic hydroxyl groups is 1. The number of rotatable bonds is 4. The Morgan fingerprint density at radius 1 is 1.43 bits per heavy atom. The normalized spacial score (nSPS) is 20.5. The van der Waals surface area contributed by atoms with E-state index in [0.29, 0.717) is 19.0 Å². The van der Waals surface area contributed by atoms with Gasteiger partial charge in [0.2, 0.25) is 0 Å². The Hall–Kier alpha value is -0.770. The fraction of sp³-hybridized carbons (Fsp3) is 0.500. The van der Waals surface area contributed by atoms with E-state index in [9.17, 15) is 17.2 Å². The van der Waals surface area contributed by atoms with Crippen LogP contribution >= 0.6 is 15.9 Å². The molecule has 1 atom stereocenters. The SMILES string of the molecule is O=S(=O)(Nc1c(F)cc(F)cc1Br)N1CCCC(CO)C1. The van der Waals surface area contributed by atoms with Crippen molar-refractivity contribution in [2.75, 3.05) is 24.4 Å². The van der Waals surface area contributed by atoms with Crippen LogP contribution in [0.15, 0.2) is 16.6 Å². The minimum Gasteiger partial charge on any atom is -0.396 e. The van der Waals surface area contributed by atoms with Crippen LogP contribution in [0, 0.1) is 17.6 Å². The first-order valence-electron chi connectivity index (χ1n) is 6.37. The monoisotopic (exact) mass is 384 g/mol. The van der Waals surface area contributed by atoms with Crippen LogP contribution < -0.4 is 4.72 Å². The first kappa shape index (κ1) is 16.6. The maximum atomic E-state index is 13.7. The van der Waals surface area contributed by atoms with Crippen LogP contribution in [0.1, 0.15) is 12.8 Å². The summed E-state index contributed by atoms with van der Waals surface area (Å²) in [6.45, 7) is 0.374. The van der Waals surface area contributed by atoms with Gasteiger partial charge in [0.05, 0.1) is 5.69 Å². The molecule has 2 N–H and O–H groups in total. The van der Waals surface area contributed by atoms with Crippen molar-refractivity contribution in [2.24, 2.45) is 5.92 Å². The predicted octanol–water partition coefficient (Wildman–Crippen LogP) is 2.09. The first-order valence-corrected chi connectivity index (χ1v) is 8.60. The summed E-state index contributed by atoms with van der Waals surface area (Å²) < 4.78 is 54.5. The highest BCUT2D eigenvalue weighted by Gasteiger charge is 2.29. The van der Waals surface area contributed by atoms with E-state index in [4.69, 9.17) is 5.11 Å². The van der Waals surface area contributed by atoms with E-state index in [0.717, 1.165) is 16.8 Å². The molecule has 0 aromatic heterocycles. The lowest BCUT2D eigenvalue weighted by molar-refractivity contribution is 0.166. The van der Waals surface area contributed by atoms with Crippen molar-refractivity contribution < 1.29 is 22.3 Å². The molecule has 1 aliphatic rings. The predicted molar refractivity (Wildman–Crippen MR) is 78.0 cm³/mol. The number of halogens is 3. The van der Waals surface area contributed by atoms with Crippen LogP contribution in [0.2, 0.25) is 0 Å². The number of hydrogen-bond donors (Lipinski definition) is 2. The molecule has 1 unspecified atom stereocenters. The van der Waals surface area contributed by atoms with Crippen LogP contribution in [-0.2, 0) is 10.2 Å². The lowest BCUT2D eigenvalue weighted by Gasteiger charge is -2.31. The van der Waals surface area contributed by atoms with Crippen molar-refractivity contribution in [1.82, 2.24) is 4.31 Å². The summed E-state index contributed by atoms with van der Waals surface area (Å²) in [5.74, 6) is -1.93. The lowest BCUT2D eigenvalue weighted by Crippen LogP contribution is -2.43. The second kappa shape index (κ2) is 6.55. The highest BCUT2D eigenvalue weighted by molar-refractivity contribution is 9.10. The van der Waals surface area contributed by atoms with Crippen molar-refractivity contribution in [3.05, 3.63) is 28.2 Å². The lowest BCUT2D eigenvalue weighted by atomic mass is 10.0. The van der Waals surface area contributed by atoms with E-state index in [1.165, 1.54) is 0 Å². The molecule has 1 aromatic rings. The molecule has 0 bridgehead atoms. The molecule has 5 nitrogen and oxygen atoms in total.